The van der Waals surface area contributed by atoms with Crippen molar-refractivity contribution < 1.29 is 14.3 Å². The van der Waals surface area contributed by atoms with E-state index in [9.17, 15) is 14.3 Å². The number of fused-ring (bicyclic) bond motifs is 1. The number of amides is 1. The number of anilines is 3. The Morgan fingerprint density at radius 2 is 2.00 bits per heavy atom. The molecule has 1 fully saturated rings. The second-order valence-corrected chi connectivity index (χ2v) is 9.19. The minimum absolute atomic E-state index is 0.277. The number of hydrogen-bond donors (Lipinski definition) is 4. The van der Waals surface area contributed by atoms with Crippen molar-refractivity contribution in [2.45, 2.75) is 57.3 Å². The summed E-state index contributed by atoms with van der Waals surface area (Å²) >= 11 is 1.16. The van der Waals surface area contributed by atoms with Crippen molar-refractivity contribution in [3.63, 3.8) is 0 Å². The highest BCUT2D eigenvalue weighted by atomic mass is 32.1. The quantitative estimate of drug-likeness (QED) is 0.403. The molecule has 2 heterocycles. The molecule has 0 aliphatic heterocycles. The van der Waals surface area contributed by atoms with Gasteiger partial charge in [-0.3, -0.25) is 4.79 Å². The molecule has 0 radical (unpaired) electrons. The number of carbonyl (C=O) groups is 1. The number of benzene rings is 1. The van der Waals surface area contributed by atoms with Crippen molar-refractivity contribution in [1.29, 1.82) is 0 Å². The van der Waals surface area contributed by atoms with Crippen LogP contribution in [0.1, 0.15) is 49.9 Å². The number of nitrogens with zero attached hydrogens (tertiary/aromatic N) is 3. The first-order chi connectivity index (χ1) is 15.3. The maximum atomic E-state index is 14.1. The normalized spacial score (nSPS) is 15.6. The minimum atomic E-state index is -1.58. The average molecular weight is 459 g/mol. The molecule has 0 bridgehead atoms. The SMILES string of the molecule is CC(C)(O)C(F)CNC(=O)c1cnc(Nc2ccc3nsnc3c2)cc1NC1CCCC1. The third-order valence-electron chi connectivity index (χ3n) is 5.60. The van der Waals surface area contributed by atoms with Gasteiger partial charge in [0.2, 0.25) is 0 Å². The first kappa shape index (κ1) is 22.3. The summed E-state index contributed by atoms with van der Waals surface area (Å²) in [5.74, 6) is 0.135. The Kier molecular flexibility index (Phi) is 6.52. The summed E-state index contributed by atoms with van der Waals surface area (Å²) in [7, 11) is 0. The lowest BCUT2D eigenvalue weighted by atomic mass is 10.0. The Hall–Kier alpha value is -2.85. The van der Waals surface area contributed by atoms with Crippen molar-refractivity contribution in [2.24, 2.45) is 0 Å². The molecule has 0 spiro atoms. The number of carbonyl (C=O) groups excluding carboxylic acids is 1. The Bertz CT molecular complexity index is 1090. The molecule has 1 aromatic carbocycles. The highest BCUT2D eigenvalue weighted by molar-refractivity contribution is 7.00. The van der Waals surface area contributed by atoms with Gasteiger partial charge in [-0.15, -0.1) is 0 Å². The molecule has 10 heteroatoms. The van der Waals surface area contributed by atoms with E-state index in [1.165, 1.54) is 20.0 Å². The van der Waals surface area contributed by atoms with Gasteiger partial charge in [0.05, 0.1) is 35.1 Å². The summed E-state index contributed by atoms with van der Waals surface area (Å²) < 4.78 is 22.6. The van der Waals surface area contributed by atoms with Crippen molar-refractivity contribution in [3.8, 4) is 0 Å². The van der Waals surface area contributed by atoms with Crippen LogP contribution in [0, 0.1) is 0 Å². The third kappa shape index (κ3) is 5.31. The lowest BCUT2D eigenvalue weighted by molar-refractivity contribution is -0.00177. The summed E-state index contributed by atoms with van der Waals surface area (Å²) in [4.78, 5) is 17.2. The Morgan fingerprint density at radius 3 is 2.75 bits per heavy atom. The molecule has 1 unspecified atom stereocenters. The number of pyridine rings is 1. The lowest BCUT2D eigenvalue weighted by Gasteiger charge is -2.23. The van der Waals surface area contributed by atoms with Crippen LogP contribution in [0.4, 0.5) is 21.6 Å². The Labute approximate surface area is 190 Å². The zero-order valence-electron chi connectivity index (χ0n) is 18.1. The van der Waals surface area contributed by atoms with E-state index in [4.69, 9.17) is 0 Å². The zero-order chi connectivity index (χ0) is 22.7. The van der Waals surface area contributed by atoms with E-state index >= 15 is 0 Å². The fourth-order valence-electron chi connectivity index (χ4n) is 3.65. The van der Waals surface area contributed by atoms with Crippen LogP contribution in [0.25, 0.3) is 11.0 Å². The topological polar surface area (TPSA) is 112 Å². The van der Waals surface area contributed by atoms with Gasteiger partial charge in [0.1, 0.15) is 23.0 Å². The van der Waals surface area contributed by atoms with Gasteiger partial charge in [0.25, 0.3) is 5.91 Å². The molecule has 2 aromatic heterocycles. The molecule has 1 atom stereocenters. The largest absolute Gasteiger partial charge is 0.387 e. The molecular weight excluding hydrogens is 431 g/mol. The first-order valence-electron chi connectivity index (χ1n) is 10.7. The second-order valence-electron chi connectivity index (χ2n) is 8.66. The van der Waals surface area contributed by atoms with Gasteiger partial charge in [-0.2, -0.15) is 8.75 Å². The molecule has 3 aromatic rings. The number of nitrogens with one attached hydrogen (secondary N) is 3. The van der Waals surface area contributed by atoms with E-state index in [1.54, 1.807) is 6.07 Å². The fraction of sp³-hybridized carbons (Fsp3) is 0.455. The smallest absolute Gasteiger partial charge is 0.255 e. The van der Waals surface area contributed by atoms with E-state index in [2.05, 4.69) is 29.7 Å². The van der Waals surface area contributed by atoms with Gasteiger partial charge < -0.3 is 21.1 Å². The van der Waals surface area contributed by atoms with Gasteiger partial charge >= 0.3 is 0 Å². The highest BCUT2D eigenvalue weighted by Crippen LogP contribution is 2.28. The van der Waals surface area contributed by atoms with Crippen LogP contribution in [-0.4, -0.2) is 49.1 Å². The number of halogens is 1. The number of alkyl halides is 1. The van der Waals surface area contributed by atoms with Gasteiger partial charge in [-0.05, 0) is 44.9 Å². The minimum Gasteiger partial charge on any atom is -0.387 e. The van der Waals surface area contributed by atoms with Crippen LogP contribution >= 0.6 is 11.7 Å². The first-order valence-corrected chi connectivity index (χ1v) is 11.4. The van der Waals surface area contributed by atoms with E-state index in [-0.39, 0.29) is 12.6 Å². The number of hydrogen-bond acceptors (Lipinski definition) is 8. The molecule has 1 aliphatic carbocycles. The predicted molar refractivity (Wildman–Crippen MR) is 124 cm³/mol. The van der Waals surface area contributed by atoms with E-state index in [0.29, 0.717) is 17.1 Å². The van der Waals surface area contributed by atoms with Crippen LogP contribution in [0.2, 0.25) is 0 Å². The summed E-state index contributed by atoms with van der Waals surface area (Å²) in [6, 6.07) is 7.74. The van der Waals surface area contributed by atoms with Gasteiger partial charge in [0.15, 0.2) is 0 Å². The predicted octanol–water partition coefficient (Wildman–Crippen LogP) is 4.02. The van der Waals surface area contributed by atoms with Crippen molar-refractivity contribution in [2.75, 3.05) is 17.2 Å². The molecule has 1 saturated carbocycles. The average Bonchev–Trinajstić information content (AvgIpc) is 3.42. The highest BCUT2D eigenvalue weighted by Gasteiger charge is 2.27. The number of rotatable bonds is 8. The van der Waals surface area contributed by atoms with Crippen LogP contribution in [0.5, 0.6) is 0 Å². The molecule has 170 valence electrons. The van der Waals surface area contributed by atoms with Crippen LogP contribution in [0.3, 0.4) is 0 Å². The molecule has 1 aliphatic rings. The zero-order valence-corrected chi connectivity index (χ0v) is 18.9. The van der Waals surface area contributed by atoms with E-state index in [0.717, 1.165) is 54.1 Å². The molecule has 32 heavy (non-hydrogen) atoms. The van der Waals surface area contributed by atoms with E-state index in [1.807, 2.05) is 18.2 Å². The monoisotopic (exact) mass is 458 g/mol. The molecule has 0 saturated heterocycles. The molecule has 1 amide bonds. The maximum absolute atomic E-state index is 14.1. The molecular formula is C22H27FN6O2S. The molecule has 8 nitrogen and oxygen atoms in total. The Morgan fingerprint density at radius 1 is 1.25 bits per heavy atom. The van der Waals surface area contributed by atoms with Gasteiger partial charge in [0, 0.05) is 24.0 Å². The van der Waals surface area contributed by atoms with Crippen LogP contribution in [-0.2, 0) is 0 Å². The van der Waals surface area contributed by atoms with Gasteiger partial charge in [-0.1, -0.05) is 12.8 Å². The Balaban J connectivity index is 1.54. The summed E-state index contributed by atoms with van der Waals surface area (Å²) in [6.07, 6.45) is 4.25. The van der Waals surface area contributed by atoms with E-state index < -0.39 is 17.7 Å². The molecule has 4 rings (SSSR count). The van der Waals surface area contributed by atoms with Crippen LogP contribution in [0.15, 0.2) is 30.5 Å². The summed E-state index contributed by atoms with van der Waals surface area (Å²) in [6.45, 7) is 2.46. The second kappa shape index (κ2) is 9.33. The lowest BCUT2D eigenvalue weighted by Crippen LogP contribution is -2.42. The summed E-state index contributed by atoms with van der Waals surface area (Å²) in [5.41, 5.74) is 1.89. The maximum Gasteiger partial charge on any atom is 0.255 e. The van der Waals surface area contributed by atoms with Gasteiger partial charge in [-0.25, -0.2) is 9.37 Å². The third-order valence-corrected chi connectivity index (χ3v) is 6.15. The number of aromatic nitrogens is 3. The number of aliphatic hydroxyl groups is 1. The van der Waals surface area contributed by atoms with Crippen molar-refractivity contribution in [3.05, 3.63) is 36.0 Å². The van der Waals surface area contributed by atoms with Crippen molar-refractivity contribution in [1.82, 2.24) is 19.0 Å². The standard InChI is InChI=1S/C22H27FN6O2S/c1-22(2,31)19(23)12-25-21(30)15-11-24-20(10-17(15)26-13-5-3-4-6-13)27-14-7-8-16-18(9-14)29-32-28-16/h7-11,13,19,31H,3-6,12H2,1-2H3,(H,25,30)(H2,24,26,27). The summed E-state index contributed by atoms with van der Waals surface area (Å²) in [5, 5.41) is 19.0. The van der Waals surface area contributed by atoms with Crippen LogP contribution < -0.4 is 16.0 Å². The molecule has 4 N–H and O–H groups in total. The fourth-order valence-corrected chi connectivity index (χ4v) is 4.17. The van der Waals surface area contributed by atoms with Crippen molar-refractivity contribution >= 4 is 45.9 Å².